The maximum atomic E-state index is 12.6. The van der Waals surface area contributed by atoms with Gasteiger partial charge in [0.05, 0.1) is 10.7 Å². The lowest BCUT2D eigenvalue weighted by molar-refractivity contribution is -0.134. The van der Waals surface area contributed by atoms with E-state index in [0.717, 1.165) is 14.3 Å². The molecule has 2 amide bonds. The van der Waals surface area contributed by atoms with Gasteiger partial charge in [0.15, 0.2) is 18.1 Å². The molecule has 0 unspecified atom stereocenters. The molecule has 0 saturated carbocycles. The zero-order valence-corrected chi connectivity index (χ0v) is 18.5. The topological polar surface area (TPSA) is 75.9 Å². The minimum atomic E-state index is -0.158. The second kappa shape index (κ2) is 8.54. The predicted molar refractivity (Wildman–Crippen MR) is 114 cm³/mol. The number of hydrogen-bond donors (Lipinski definition) is 0. The normalized spacial score (nSPS) is 14.3. The maximum absolute atomic E-state index is 12.6. The van der Waals surface area contributed by atoms with Crippen LogP contribution in [-0.2, 0) is 4.79 Å². The number of piperazine rings is 1. The summed E-state index contributed by atoms with van der Waals surface area (Å²) in [5, 5.41) is 0.906. The number of carbonyl (C=O) groups is 2. The van der Waals surface area contributed by atoms with E-state index in [1.54, 1.807) is 28.1 Å². The summed E-state index contributed by atoms with van der Waals surface area (Å²) in [4.78, 5) is 32.7. The quantitative estimate of drug-likeness (QED) is 0.522. The minimum absolute atomic E-state index is 0.0992. The second-order valence-electron chi connectivity index (χ2n) is 6.51. The molecule has 1 saturated heterocycles. The molecule has 1 aromatic carbocycles. The molecule has 3 heterocycles. The smallest absolute Gasteiger partial charge is 0.289 e. The number of benzene rings is 1. The van der Waals surface area contributed by atoms with E-state index in [1.807, 2.05) is 18.2 Å². The third-order valence-electron chi connectivity index (χ3n) is 4.74. The molecule has 1 aliphatic heterocycles. The Hall–Kier alpha value is -2.39. The molecule has 4 rings (SSSR count). The molecule has 0 atom stereocenters. The van der Waals surface area contributed by atoms with Gasteiger partial charge in [-0.2, -0.15) is 0 Å². The van der Waals surface area contributed by atoms with Crippen molar-refractivity contribution in [1.29, 1.82) is 0 Å². The van der Waals surface area contributed by atoms with Crippen LogP contribution in [0.4, 0.5) is 0 Å². The Kier molecular flexibility index (Phi) is 5.86. The van der Waals surface area contributed by atoms with Crippen LogP contribution in [0.2, 0.25) is 0 Å². The van der Waals surface area contributed by atoms with E-state index in [4.69, 9.17) is 9.15 Å². The van der Waals surface area contributed by atoms with Crippen molar-refractivity contribution < 1.29 is 18.7 Å². The molecule has 2 aromatic heterocycles. The summed E-state index contributed by atoms with van der Waals surface area (Å²) < 4.78 is 12.6. The number of carbonyl (C=O) groups excluding carboxylic acids is 2. The van der Waals surface area contributed by atoms with Crippen LogP contribution in [0.5, 0.6) is 5.75 Å². The van der Waals surface area contributed by atoms with Gasteiger partial charge in [-0.1, -0.05) is 22.0 Å². The third-order valence-corrected chi connectivity index (χ3v) is 5.99. The van der Waals surface area contributed by atoms with Crippen molar-refractivity contribution in [3.05, 3.63) is 57.5 Å². The number of amides is 2. The first kappa shape index (κ1) is 19.9. The highest BCUT2D eigenvalue weighted by atomic mass is 79.9. The van der Waals surface area contributed by atoms with E-state index in [1.165, 1.54) is 6.26 Å². The molecule has 0 radical (unpaired) electrons. The molecule has 7 nitrogen and oxygen atoms in total. The third kappa shape index (κ3) is 4.16. The number of halogens is 2. The highest BCUT2D eigenvalue weighted by Crippen LogP contribution is 2.37. The lowest BCUT2D eigenvalue weighted by atomic mass is 10.2. The Morgan fingerprint density at radius 2 is 1.83 bits per heavy atom. The SMILES string of the molecule is O=C(COc1c(Br)cc(Br)c2cccnc12)N1CCN(C(=O)c2ccco2)CC1. The Morgan fingerprint density at radius 1 is 1.07 bits per heavy atom. The molecule has 29 heavy (non-hydrogen) atoms. The summed E-state index contributed by atoms with van der Waals surface area (Å²) in [5.74, 6) is 0.556. The van der Waals surface area contributed by atoms with Gasteiger partial charge in [-0.3, -0.25) is 14.6 Å². The van der Waals surface area contributed by atoms with Crippen molar-refractivity contribution in [2.24, 2.45) is 0 Å². The first-order valence-corrected chi connectivity index (χ1v) is 10.6. The first-order chi connectivity index (χ1) is 14.0. The van der Waals surface area contributed by atoms with Crippen LogP contribution in [0.25, 0.3) is 10.9 Å². The van der Waals surface area contributed by atoms with E-state index in [0.29, 0.717) is 43.2 Å². The molecule has 0 aliphatic carbocycles. The summed E-state index contributed by atoms with van der Waals surface area (Å²) in [6.45, 7) is 1.72. The summed E-state index contributed by atoms with van der Waals surface area (Å²) in [7, 11) is 0. The van der Waals surface area contributed by atoms with Crippen molar-refractivity contribution in [2.45, 2.75) is 0 Å². The van der Waals surface area contributed by atoms with E-state index in [9.17, 15) is 9.59 Å². The largest absolute Gasteiger partial charge is 0.480 e. The average Bonchev–Trinajstić information content (AvgIpc) is 3.28. The summed E-state index contributed by atoms with van der Waals surface area (Å²) in [5.41, 5.74) is 0.676. The van der Waals surface area contributed by atoms with Crippen molar-refractivity contribution in [2.75, 3.05) is 32.8 Å². The number of hydrogen-bond acceptors (Lipinski definition) is 5. The lowest BCUT2D eigenvalue weighted by Crippen LogP contribution is -2.51. The molecule has 1 fully saturated rings. The zero-order chi connectivity index (χ0) is 20.4. The van der Waals surface area contributed by atoms with Gasteiger partial charge in [-0.15, -0.1) is 0 Å². The van der Waals surface area contributed by atoms with Crippen LogP contribution in [0.3, 0.4) is 0 Å². The molecule has 0 spiro atoms. The van der Waals surface area contributed by atoms with E-state index in [-0.39, 0.29) is 18.4 Å². The first-order valence-electron chi connectivity index (χ1n) is 9.00. The van der Waals surface area contributed by atoms with Gasteiger partial charge in [0.2, 0.25) is 0 Å². The van der Waals surface area contributed by atoms with Gasteiger partial charge in [-0.25, -0.2) is 0 Å². The van der Waals surface area contributed by atoms with Crippen molar-refractivity contribution in [1.82, 2.24) is 14.8 Å². The van der Waals surface area contributed by atoms with Crippen molar-refractivity contribution in [3.8, 4) is 5.75 Å². The van der Waals surface area contributed by atoms with E-state index in [2.05, 4.69) is 36.8 Å². The van der Waals surface area contributed by atoms with Crippen LogP contribution < -0.4 is 4.74 Å². The zero-order valence-electron chi connectivity index (χ0n) is 15.3. The number of pyridine rings is 1. The van der Waals surface area contributed by atoms with Gasteiger partial charge in [0.25, 0.3) is 11.8 Å². The Labute approximate surface area is 183 Å². The van der Waals surface area contributed by atoms with Gasteiger partial charge < -0.3 is 19.0 Å². The van der Waals surface area contributed by atoms with E-state index < -0.39 is 0 Å². The van der Waals surface area contributed by atoms with Crippen LogP contribution in [0.15, 0.2) is 56.2 Å². The second-order valence-corrected chi connectivity index (χ2v) is 8.22. The monoisotopic (exact) mass is 521 g/mol. The number of ether oxygens (including phenoxy) is 1. The van der Waals surface area contributed by atoms with Crippen LogP contribution in [0, 0.1) is 0 Å². The summed E-state index contributed by atoms with van der Waals surface area (Å²) >= 11 is 7.00. The van der Waals surface area contributed by atoms with Gasteiger partial charge in [0.1, 0.15) is 5.52 Å². The molecule has 1 aliphatic rings. The predicted octanol–water partition coefficient (Wildman–Crippen LogP) is 3.72. The molecule has 150 valence electrons. The maximum Gasteiger partial charge on any atom is 0.289 e. The molecular weight excluding hydrogens is 506 g/mol. The Morgan fingerprint density at radius 3 is 2.55 bits per heavy atom. The Bertz CT molecular complexity index is 1050. The molecular formula is C20H17Br2N3O4. The fourth-order valence-corrected chi connectivity index (χ4v) is 4.61. The van der Waals surface area contributed by atoms with Gasteiger partial charge >= 0.3 is 0 Å². The highest BCUT2D eigenvalue weighted by molar-refractivity contribution is 9.11. The number of furan rings is 1. The Balaban J connectivity index is 1.38. The molecule has 9 heteroatoms. The fourth-order valence-electron chi connectivity index (χ4n) is 3.22. The van der Waals surface area contributed by atoms with Gasteiger partial charge in [-0.05, 0) is 40.2 Å². The van der Waals surface area contributed by atoms with Crippen molar-refractivity contribution >= 4 is 54.6 Å². The lowest BCUT2D eigenvalue weighted by Gasteiger charge is -2.34. The molecule has 0 N–H and O–H groups in total. The average molecular weight is 523 g/mol. The standard InChI is InChI=1S/C20H17Br2N3O4/c21-14-11-15(22)19(18-13(14)3-1-5-23-18)29-12-17(26)24-6-8-25(9-7-24)20(27)16-4-2-10-28-16/h1-5,10-11H,6-9,12H2. The van der Waals surface area contributed by atoms with Gasteiger partial charge in [0, 0.05) is 42.2 Å². The highest BCUT2D eigenvalue weighted by Gasteiger charge is 2.26. The number of nitrogens with zero attached hydrogens (tertiary/aromatic N) is 3. The van der Waals surface area contributed by atoms with Crippen LogP contribution in [0.1, 0.15) is 10.6 Å². The van der Waals surface area contributed by atoms with Crippen LogP contribution in [-0.4, -0.2) is 59.4 Å². The van der Waals surface area contributed by atoms with Crippen molar-refractivity contribution in [3.63, 3.8) is 0 Å². The summed E-state index contributed by atoms with van der Waals surface area (Å²) in [6, 6.07) is 8.98. The number of aromatic nitrogens is 1. The minimum Gasteiger partial charge on any atom is -0.480 e. The molecule has 0 bridgehead atoms. The van der Waals surface area contributed by atoms with Crippen LogP contribution >= 0.6 is 31.9 Å². The number of fused-ring (bicyclic) bond motifs is 1. The van der Waals surface area contributed by atoms with E-state index >= 15 is 0 Å². The summed E-state index contributed by atoms with van der Waals surface area (Å²) in [6.07, 6.45) is 3.16. The number of rotatable bonds is 4. The molecule has 3 aromatic rings. The fraction of sp³-hybridized carbons (Fsp3) is 0.250.